The van der Waals surface area contributed by atoms with Crippen LogP contribution in [0.25, 0.3) is 6.08 Å². The number of rotatable bonds is 7. The number of anilines is 1. The average molecular weight is 412 g/mol. The number of piperidine rings is 1. The van der Waals surface area contributed by atoms with Crippen LogP contribution in [0.4, 0.5) is 5.69 Å². The van der Waals surface area contributed by atoms with E-state index >= 15 is 0 Å². The molecule has 3 rings (SSSR count). The molecule has 1 unspecified atom stereocenters. The molecular formula is C23H29N3O2S. The van der Waals surface area contributed by atoms with Crippen molar-refractivity contribution < 1.29 is 9.59 Å². The summed E-state index contributed by atoms with van der Waals surface area (Å²) in [6.07, 6.45) is 5.78. The third-order valence-electron chi connectivity index (χ3n) is 5.26. The summed E-state index contributed by atoms with van der Waals surface area (Å²) >= 11 is 1.75. The van der Waals surface area contributed by atoms with E-state index in [-0.39, 0.29) is 17.9 Å². The van der Waals surface area contributed by atoms with Gasteiger partial charge in [-0.05, 0) is 67.1 Å². The minimum absolute atomic E-state index is 0.0946. The molecule has 1 aliphatic heterocycles. The number of thiophene rings is 1. The van der Waals surface area contributed by atoms with Gasteiger partial charge in [-0.1, -0.05) is 25.1 Å². The van der Waals surface area contributed by atoms with E-state index in [0.717, 1.165) is 30.3 Å². The van der Waals surface area contributed by atoms with E-state index in [1.165, 1.54) is 24.6 Å². The van der Waals surface area contributed by atoms with Crippen LogP contribution in [0.15, 0.2) is 47.9 Å². The second kappa shape index (κ2) is 10.4. The lowest BCUT2D eigenvalue weighted by atomic mass is 9.97. The van der Waals surface area contributed by atoms with Crippen LogP contribution in [0, 0.1) is 5.92 Å². The summed E-state index contributed by atoms with van der Waals surface area (Å²) < 4.78 is 0. The zero-order chi connectivity index (χ0) is 20.6. The lowest BCUT2D eigenvalue weighted by molar-refractivity contribution is -0.117. The first kappa shape index (κ1) is 21.3. The Morgan fingerprint density at radius 1 is 1.21 bits per heavy atom. The van der Waals surface area contributed by atoms with E-state index in [0.29, 0.717) is 6.54 Å². The van der Waals surface area contributed by atoms with Crippen molar-refractivity contribution in [3.8, 4) is 0 Å². The molecule has 1 aliphatic rings. The Morgan fingerprint density at radius 2 is 1.93 bits per heavy atom. The smallest absolute Gasteiger partial charge is 0.244 e. The summed E-state index contributed by atoms with van der Waals surface area (Å²) in [5.41, 5.74) is 1.66. The van der Waals surface area contributed by atoms with Crippen LogP contribution >= 0.6 is 11.3 Å². The highest BCUT2D eigenvalue weighted by atomic mass is 32.1. The van der Waals surface area contributed by atoms with Gasteiger partial charge in [-0.3, -0.25) is 14.5 Å². The van der Waals surface area contributed by atoms with Gasteiger partial charge in [0.2, 0.25) is 11.8 Å². The van der Waals surface area contributed by atoms with Crippen LogP contribution in [0.5, 0.6) is 0 Å². The number of nitrogens with zero attached hydrogens (tertiary/aromatic N) is 1. The molecule has 1 aromatic heterocycles. The molecule has 1 saturated heterocycles. The molecule has 0 bridgehead atoms. The largest absolute Gasteiger partial charge is 0.351 e. The molecule has 1 aromatic carbocycles. The topological polar surface area (TPSA) is 61.4 Å². The molecule has 5 nitrogen and oxygen atoms in total. The summed E-state index contributed by atoms with van der Waals surface area (Å²) in [5.74, 6) is 0.587. The van der Waals surface area contributed by atoms with Crippen LogP contribution in [0.3, 0.4) is 0 Å². The normalized spacial score (nSPS) is 16.6. The monoisotopic (exact) mass is 411 g/mol. The summed E-state index contributed by atoms with van der Waals surface area (Å²) in [5, 5.41) is 7.90. The fourth-order valence-corrected chi connectivity index (χ4v) is 4.40. The highest BCUT2D eigenvalue weighted by molar-refractivity contribution is 7.10. The minimum atomic E-state index is -0.101. The Kier molecular flexibility index (Phi) is 7.61. The van der Waals surface area contributed by atoms with Crippen LogP contribution in [0.2, 0.25) is 0 Å². The second-order valence-corrected chi connectivity index (χ2v) is 8.61. The zero-order valence-electron chi connectivity index (χ0n) is 17.1. The average Bonchev–Trinajstić information content (AvgIpc) is 3.23. The second-order valence-electron chi connectivity index (χ2n) is 7.63. The third-order valence-corrected chi connectivity index (χ3v) is 6.23. The first-order valence-electron chi connectivity index (χ1n) is 10.1. The maximum atomic E-state index is 12.4. The molecule has 1 atom stereocenters. The van der Waals surface area contributed by atoms with Gasteiger partial charge in [0, 0.05) is 30.1 Å². The van der Waals surface area contributed by atoms with Gasteiger partial charge in [-0.15, -0.1) is 11.3 Å². The summed E-state index contributed by atoms with van der Waals surface area (Å²) in [6, 6.07) is 11.9. The summed E-state index contributed by atoms with van der Waals surface area (Å²) in [4.78, 5) is 27.2. The van der Waals surface area contributed by atoms with Crippen LogP contribution < -0.4 is 10.6 Å². The number of hydrogen-bond acceptors (Lipinski definition) is 4. The highest BCUT2D eigenvalue weighted by Gasteiger charge is 2.25. The van der Waals surface area contributed by atoms with Crippen LogP contribution in [-0.4, -0.2) is 36.3 Å². The minimum Gasteiger partial charge on any atom is -0.351 e. The number of carbonyl (C=O) groups excluding carboxylic acids is 2. The van der Waals surface area contributed by atoms with Crippen molar-refractivity contribution in [1.82, 2.24) is 10.2 Å². The Morgan fingerprint density at radius 3 is 2.55 bits per heavy atom. The molecular weight excluding hydrogens is 382 g/mol. The van der Waals surface area contributed by atoms with Crippen molar-refractivity contribution in [2.24, 2.45) is 5.92 Å². The molecule has 2 aromatic rings. The fraction of sp³-hybridized carbons (Fsp3) is 0.391. The first-order valence-corrected chi connectivity index (χ1v) is 11.0. The van der Waals surface area contributed by atoms with Gasteiger partial charge in [0.25, 0.3) is 0 Å². The molecule has 0 saturated carbocycles. The maximum Gasteiger partial charge on any atom is 0.244 e. The van der Waals surface area contributed by atoms with E-state index in [2.05, 4.69) is 40.0 Å². The number of hydrogen-bond donors (Lipinski definition) is 2. The summed E-state index contributed by atoms with van der Waals surface area (Å²) in [6.45, 7) is 6.56. The molecule has 2 heterocycles. The van der Waals surface area contributed by atoms with E-state index in [1.54, 1.807) is 23.5 Å². The molecule has 2 amide bonds. The standard InChI is InChI=1S/C23H29N3O2S/c1-17-11-13-26(14-12-17)21(22-4-3-15-29-22)16-24-23(28)10-7-19-5-8-20(9-6-19)25-18(2)27/h3-10,15,17,21H,11-14,16H2,1-2H3,(H,24,28)(H,25,27)/b10-7+. The van der Waals surface area contributed by atoms with Gasteiger partial charge < -0.3 is 10.6 Å². The van der Waals surface area contributed by atoms with Crippen molar-refractivity contribution in [1.29, 1.82) is 0 Å². The van der Waals surface area contributed by atoms with Crippen molar-refractivity contribution in [2.45, 2.75) is 32.7 Å². The predicted molar refractivity (Wildman–Crippen MR) is 120 cm³/mol. The van der Waals surface area contributed by atoms with Crippen molar-refractivity contribution in [2.75, 3.05) is 25.0 Å². The van der Waals surface area contributed by atoms with E-state index < -0.39 is 0 Å². The fourth-order valence-electron chi connectivity index (χ4n) is 3.54. The van der Waals surface area contributed by atoms with E-state index in [9.17, 15) is 9.59 Å². The van der Waals surface area contributed by atoms with Crippen molar-refractivity contribution in [3.05, 3.63) is 58.3 Å². The number of likely N-dealkylation sites (tertiary alicyclic amines) is 1. The van der Waals surface area contributed by atoms with Crippen LogP contribution in [-0.2, 0) is 9.59 Å². The predicted octanol–water partition coefficient (Wildman–Crippen LogP) is 4.31. The molecule has 2 N–H and O–H groups in total. The van der Waals surface area contributed by atoms with Gasteiger partial charge in [-0.2, -0.15) is 0 Å². The SMILES string of the molecule is CC(=O)Nc1ccc(/C=C/C(=O)NCC(c2cccs2)N2CCC(C)CC2)cc1. The zero-order valence-corrected chi connectivity index (χ0v) is 17.9. The first-order chi connectivity index (χ1) is 14.0. The Labute approximate surface area is 176 Å². The molecule has 154 valence electrons. The number of nitrogens with one attached hydrogen (secondary N) is 2. The number of amides is 2. The molecule has 0 radical (unpaired) electrons. The maximum absolute atomic E-state index is 12.4. The highest BCUT2D eigenvalue weighted by Crippen LogP contribution is 2.29. The van der Waals surface area contributed by atoms with Crippen molar-refractivity contribution in [3.63, 3.8) is 0 Å². The molecule has 1 fully saturated rings. The van der Waals surface area contributed by atoms with E-state index in [4.69, 9.17) is 0 Å². The molecule has 29 heavy (non-hydrogen) atoms. The third kappa shape index (κ3) is 6.54. The van der Waals surface area contributed by atoms with Gasteiger partial charge in [0.1, 0.15) is 0 Å². The molecule has 6 heteroatoms. The number of carbonyl (C=O) groups is 2. The van der Waals surface area contributed by atoms with Gasteiger partial charge in [-0.25, -0.2) is 0 Å². The lowest BCUT2D eigenvalue weighted by Crippen LogP contribution is -2.41. The Hall–Kier alpha value is -2.44. The van der Waals surface area contributed by atoms with Gasteiger partial charge in [0.15, 0.2) is 0 Å². The van der Waals surface area contributed by atoms with Gasteiger partial charge >= 0.3 is 0 Å². The van der Waals surface area contributed by atoms with E-state index in [1.807, 2.05) is 24.3 Å². The lowest BCUT2D eigenvalue weighted by Gasteiger charge is -2.36. The molecule has 0 aliphatic carbocycles. The van der Waals surface area contributed by atoms with Gasteiger partial charge in [0.05, 0.1) is 6.04 Å². The molecule has 0 spiro atoms. The summed E-state index contributed by atoms with van der Waals surface area (Å²) in [7, 11) is 0. The number of benzene rings is 1. The quantitative estimate of drug-likeness (QED) is 0.668. The Bertz CT molecular complexity index is 822. The van der Waals surface area contributed by atoms with Crippen molar-refractivity contribution >= 4 is 34.9 Å². The Balaban J connectivity index is 1.55. The van der Waals surface area contributed by atoms with Crippen LogP contribution in [0.1, 0.15) is 43.2 Å².